The van der Waals surface area contributed by atoms with Crippen LogP contribution in [0.15, 0.2) is 42.5 Å². The van der Waals surface area contributed by atoms with Gasteiger partial charge in [-0.2, -0.15) is 13.2 Å². The average Bonchev–Trinajstić information content (AvgIpc) is 2.77. The summed E-state index contributed by atoms with van der Waals surface area (Å²) in [6.45, 7) is 3.23. The number of alkyl halides is 3. The van der Waals surface area contributed by atoms with Gasteiger partial charge in [0.25, 0.3) is 5.91 Å². The van der Waals surface area contributed by atoms with Gasteiger partial charge < -0.3 is 24.3 Å². The number of carbonyl (C=O) groups excluding carboxylic acids is 2. The predicted molar refractivity (Wildman–Crippen MR) is 114 cm³/mol. The lowest BCUT2D eigenvalue weighted by atomic mass is 10.0. The number of halogens is 3. The van der Waals surface area contributed by atoms with Crippen molar-refractivity contribution in [2.45, 2.75) is 25.9 Å². The molecule has 2 rings (SSSR count). The van der Waals surface area contributed by atoms with Crippen LogP contribution in [0.4, 0.5) is 18.9 Å². The molecule has 0 saturated heterocycles. The van der Waals surface area contributed by atoms with E-state index in [1.165, 1.54) is 7.11 Å². The van der Waals surface area contributed by atoms with Crippen LogP contribution in [0.1, 0.15) is 30.9 Å². The van der Waals surface area contributed by atoms with E-state index in [4.69, 9.17) is 18.9 Å². The van der Waals surface area contributed by atoms with Crippen LogP contribution in [-0.2, 0) is 25.2 Å². The molecule has 0 heterocycles. The van der Waals surface area contributed by atoms with Crippen molar-refractivity contribution in [2.24, 2.45) is 0 Å². The molecule has 0 aromatic heterocycles. The number of anilines is 1. The highest BCUT2D eigenvalue weighted by molar-refractivity contribution is 5.94. The van der Waals surface area contributed by atoms with Gasteiger partial charge in [-0.15, -0.1) is 0 Å². The molecular weight excluding hydrogens is 443 g/mol. The van der Waals surface area contributed by atoms with E-state index in [-0.39, 0.29) is 24.7 Å². The minimum absolute atomic E-state index is 0.0212. The van der Waals surface area contributed by atoms with Crippen LogP contribution in [0, 0.1) is 0 Å². The molecule has 0 aliphatic rings. The SMILES string of the molecule is COCCOc1ccc(C(F)(F)F)cc1NC(=O)COC(=O)COc1ccc(C(C)C)cc1. The Kier molecular flexibility index (Phi) is 9.53. The number of nitrogens with one attached hydrogen (secondary N) is 1. The minimum Gasteiger partial charge on any atom is -0.489 e. The summed E-state index contributed by atoms with van der Waals surface area (Å²) in [5.74, 6) is -0.806. The second kappa shape index (κ2) is 12.1. The Morgan fingerprint density at radius 2 is 1.67 bits per heavy atom. The van der Waals surface area contributed by atoms with E-state index in [0.717, 1.165) is 23.8 Å². The Labute approximate surface area is 189 Å². The first kappa shape index (κ1) is 26.0. The summed E-state index contributed by atoms with van der Waals surface area (Å²) in [5, 5.41) is 2.27. The molecule has 0 aliphatic heterocycles. The molecule has 1 amide bonds. The number of esters is 1. The van der Waals surface area contributed by atoms with Crippen LogP contribution in [0.2, 0.25) is 0 Å². The van der Waals surface area contributed by atoms with Gasteiger partial charge in [0.05, 0.1) is 17.9 Å². The molecule has 1 N–H and O–H groups in total. The molecule has 10 heteroatoms. The summed E-state index contributed by atoms with van der Waals surface area (Å²) in [4.78, 5) is 24.0. The number of rotatable bonds is 11. The minimum atomic E-state index is -4.61. The van der Waals surface area contributed by atoms with E-state index in [1.54, 1.807) is 12.1 Å². The summed E-state index contributed by atoms with van der Waals surface area (Å²) < 4.78 is 59.4. The van der Waals surface area contributed by atoms with Crippen molar-refractivity contribution < 1.29 is 41.7 Å². The Bertz CT molecular complexity index is 929. The highest BCUT2D eigenvalue weighted by Gasteiger charge is 2.31. The maximum atomic E-state index is 13.0. The first-order valence-electron chi connectivity index (χ1n) is 10.1. The zero-order valence-corrected chi connectivity index (χ0v) is 18.5. The third-order valence-corrected chi connectivity index (χ3v) is 4.39. The van der Waals surface area contributed by atoms with Crippen LogP contribution < -0.4 is 14.8 Å². The van der Waals surface area contributed by atoms with Gasteiger partial charge in [-0.3, -0.25) is 4.79 Å². The standard InChI is InChI=1S/C23H26F3NO6/c1-15(2)16-4-7-18(8-5-16)32-14-22(29)33-13-21(28)27-19-12-17(23(24,25)26)6-9-20(19)31-11-10-30-3/h4-9,12,15H,10-11,13-14H2,1-3H3,(H,27,28). The highest BCUT2D eigenvalue weighted by atomic mass is 19.4. The molecule has 7 nitrogen and oxygen atoms in total. The van der Waals surface area contributed by atoms with Crippen molar-refractivity contribution in [3.8, 4) is 11.5 Å². The molecule has 0 radical (unpaired) electrons. The number of methoxy groups -OCH3 is 1. The summed E-state index contributed by atoms with van der Waals surface area (Å²) in [6, 6.07) is 9.86. The van der Waals surface area contributed by atoms with Gasteiger partial charge in [-0.05, 0) is 41.8 Å². The maximum absolute atomic E-state index is 13.0. The van der Waals surface area contributed by atoms with Crippen molar-refractivity contribution >= 4 is 17.6 Å². The normalized spacial score (nSPS) is 11.2. The number of hydrogen-bond donors (Lipinski definition) is 1. The Morgan fingerprint density at radius 1 is 0.970 bits per heavy atom. The van der Waals surface area contributed by atoms with Gasteiger partial charge in [-0.1, -0.05) is 26.0 Å². The van der Waals surface area contributed by atoms with Crippen molar-refractivity contribution in [2.75, 3.05) is 38.9 Å². The zero-order chi connectivity index (χ0) is 24.4. The quantitative estimate of drug-likeness (QED) is 0.388. The number of carbonyl (C=O) groups is 2. The molecule has 2 aromatic rings. The molecule has 0 bridgehead atoms. The van der Waals surface area contributed by atoms with E-state index >= 15 is 0 Å². The molecule has 180 valence electrons. The summed E-state index contributed by atoms with van der Waals surface area (Å²) in [6.07, 6.45) is -4.61. The van der Waals surface area contributed by atoms with Gasteiger partial charge in [0, 0.05) is 7.11 Å². The molecule has 2 aromatic carbocycles. The fourth-order valence-electron chi connectivity index (χ4n) is 2.63. The summed E-state index contributed by atoms with van der Waals surface area (Å²) in [7, 11) is 1.44. The smallest absolute Gasteiger partial charge is 0.416 e. The number of ether oxygens (including phenoxy) is 4. The lowest BCUT2D eigenvalue weighted by molar-refractivity contribution is -0.149. The van der Waals surface area contributed by atoms with E-state index in [2.05, 4.69) is 5.32 Å². The van der Waals surface area contributed by atoms with Gasteiger partial charge in [0.2, 0.25) is 0 Å². The molecular formula is C23H26F3NO6. The number of hydrogen-bond acceptors (Lipinski definition) is 6. The van der Waals surface area contributed by atoms with Gasteiger partial charge in [0.15, 0.2) is 13.2 Å². The summed E-state index contributed by atoms with van der Waals surface area (Å²) in [5.41, 5.74) is -0.0593. The second-order valence-corrected chi connectivity index (χ2v) is 7.27. The van der Waals surface area contributed by atoms with Gasteiger partial charge in [-0.25, -0.2) is 4.79 Å². The van der Waals surface area contributed by atoms with E-state index in [0.29, 0.717) is 11.7 Å². The monoisotopic (exact) mass is 469 g/mol. The highest BCUT2D eigenvalue weighted by Crippen LogP contribution is 2.35. The maximum Gasteiger partial charge on any atom is 0.416 e. The Balaban J connectivity index is 1.90. The topological polar surface area (TPSA) is 83.1 Å². The predicted octanol–water partition coefficient (Wildman–Crippen LogP) is 4.41. The van der Waals surface area contributed by atoms with Crippen LogP contribution in [-0.4, -0.2) is 45.4 Å². The largest absolute Gasteiger partial charge is 0.489 e. The molecule has 33 heavy (non-hydrogen) atoms. The summed E-state index contributed by atoms with van der Waals surface area (Å²) >= 11 is 0. The molecule has 0 saturated carbocycles. The van der Waals surface area contributed by atoms with Gasteiger partial charge >= 0.3 is 12.1 Å². The fourth-order valence-corrected chi connectivity index (χ4v) is 2.63. The zero-order valence-electron chi connectivity index (χ0n) is 18.5. The number of benzene rings is 2. The van der Waals surface area contributed by atoms with Crippen molar-refractivity contribution in [3.05, 3.63) is 53.6 Å². The van der Waals surface area contributed by atoms with Crippen LogP contribution in [0.5, 0.6) is 11.5 Å². The van der Waals surface area contributed by atoms with Crippen molar-refractivity contribution in [3.63, 3.8) is 0 Å². The molecule has 0 fully saturated rings. The third kappa shape index (κ3) is 8.64. The van der Waals surface area contributed by atoms with Gasteiger partial charge in [0.1, 0.15) is 18.1 Å². The number of amides is 1. The van der Waals surface area contributed by atoms with E-state index < -0.39 is 36.8 Å². The van der Waals surface area contributed by atoms with Crippen LogP contribution in [0.25, 0.3) is 0 Å². The second-order valence-electron chi connectivity index (χ2n) is 7.27. The molecule has 0 aliphatic carbocycles. The van der Waals surface area contributed by atoms with Crippen molar-refractivity contribution in [1.29, 1.82) is 0 Å². The first-order valence-corrected chi connectivity index (χ1v) is 10.1. The third-order valence-electron chi connectivity index (χ3n) is 4.39. The lowest BCUT2D eigenvalue weighted by Gasteiger charge is -2.15. The molecule has 0 atom stereocenters. The lowest BCUT2D eigenvalue weighted by Crippen LogP contribution is -2.24. The Morgan fingerprint density at radius 3 is 2.27 bits per heavy atom. The Hall–Kier alpha value is -3.27. The molecule has 0 unspecified atom stereocenters. The van der Waals surface area contributed by atoms with Crippen LogP contribution >= 0.6 is 0 Å². The van der Waals surface area contributed by atoms with Crippen LogP contribution in [0.3, 0.4) is 0 Å². The average molecular weight is 469 g/mol. The van der Waals surface area contributed by atoms with E-state index in [1.807, 2.05) is 26.0 Å². The van der Waals surface area contributed by atoms with Crippen molar-refractivity contribution in [1.82, 2.24) is 0 Å². The van der Waals surface area contributed by atoms with E-state index in [9.17, 15) is 22.8 Å². The first-order chi connectivity index (χ1) is 15.6. The fraction of sp³-hybridized carbons (Fsp3) is 0.391. The molecule has 0 spiro atoms.